The number of hydrogen-bond donors (Lipinski definition) is 2. The van der Waals surface area contributed by atoms with Crippen molar-refractivity contribution in [2.24, 2.45) is 0 Å². The highest BCUT2D eigenvalue weighted by atomic mass is 19.4. The first-order valence-corrected chi connectivity index (χ1v) is 10.9. The van der Waals surface area contributed by atoms with Crippen LogP contribution in [-0.4, -0.2) is 42.0 Å². The van der Waals surface area contributed by atoms with Crippen LogP contribution in [0.3, 0.4) is 0 Å². The summed E-state index contributed by atoms with van der Waals surface area (Å²) in [7, 11) is 0. The summed E-state index contributed by atoms with van der Waals surface area (Å²) in [5, 5.41) is 14.0. The predicted octanol–water partition coefficient (Wildman–Crippen LogP) is 2.89. The van der Waals surface area contributed by atoms with Gasteiger partial charge in [0.15, 0.2) is 5.65 Å². The molecule has 0 saturated carbocycles. The van der Waals surface area contributed by atoms with E-state index in [0.717, 1.165) is 23.3 Å². The Hall–Kier alpha value is -3.77. The molecular weight excluding hydrogens is 465 g/mol. The molecule has 5 rings (SSSR count). The largest absolute Gasteiger partial charge is 0.433 e. The Bertz CT molecular complexity index is 1440. The Morgan fingerprint density at radius 2 is 1.91 bits per heavy atom. The number of nitrogen functional groups attached to an aromatic ring is 1. The van der Waals surface area contributed by atoms with Gasteiger partial charge in [0.1, 0.15) is 5.69 Å². The second-order valence-corrected chi connectivity index (χ2v) is 8.21. The lowest BCUT2D eigenvalue weighted by molar-refractivity contribution is -0.141. The van der Waals surface area contributed by atoms with E-state index in [9.17, 15) is 23.1 Å². The molecule has 1 fully saturated rings. The van der Waals surface area contributed by atoms with E-state index in [4.69, 9.17) is 10.5 Å². The molecule has 12 heteroatoms. The Kier molecular flexibility index (Phi) is 5.77. The van der Waals surface area contributed by atoms with E-state index in [-0.39, 0.29) is 46.8 Å². The quantitative estimate of drug-likeness (QED) is 0.445. The van der Waals surface area contributed by atoms with Crippen molar-refractivity contribution in [1.82, 2.24) is 24.1 Å². The first-order valence-electron chi connectivity index (χ1n) is 10.9. The number of hydrogen-bond acceptors (Lipinski definition) is 7. The molecule has 3 N–H and O–H groups in total. The molecule has 1 aliphatic rings. The summed E-state index contributed by atoms with van der Waals surface area (Å²) >= 11 is 0. The predicted molar refractivity (Wildman–Crippen MR) is 120 cm³/mol. The van der Waals surface area contributed by atoms with Crippen molar-refractivity contribution >= 4 is 11.6 Å². The van der Waals surface area contributed by atoms with Crippen LogP contribution in [0.1, 0.15) is 24.2 Å². The number of aliphatic hydroxyl groups excluding tert-OH is 1. The monoisotopic (exact) mass is 486 g/mol. The SMILES string of the molecule is Nc1nc(-c2ccccc2)c(-c2cc(CO)nc(C(F)(F)F)c2)c2nn(C[C@H]3CCCO3)c(=O)n12. The number of pyridine rings is 1. The van der Waals surface area contributed by atoms with Gasteiger partial charge in [-0.3, -0.25) is 0 Å². The van der Waals surface area contributed by atoms with E-state index in [1.165, 1.54) is 10.7 Å². The van der Waals surface area contributed by atoms with E-state index < -0.39 is 24.2 Å². The van der Waals surface area contributed by atoms with Crippen LogP contribution in [0.2, 0.25) is 0 Å². The molecular formula is C23H21F3N6O3. The van der Waals surface area contributed by atoms with Crippen molar-refractivity contribution in [3.05, 3.63) is 64.3 Å². The van der Waals surface area contributed by atoms with E-state index in [2.05, 4.69) is 15.1 Å². The first kappa shape index (κ1) is 23.0. The van der Waals surface area contributed by atoms with Gasteiger partial charge in [0, 0.05) is 12.2 Å². The Labute approximate surface area is 196 Å². The lowest BCUT2D eigenvalue weighted by Crippen LogP contribution is -2.28. The molecule has 4 aromatic rings. The number of fused-ring (bicyclic) bond motifs is 1. The minimum atomic E-state index is -4.76. The Morgan fingerprint density at radius 3 is 2.57 bits per heavy atom. The Balaban J connectivity index is 1.82. The normalized spacial score (nSPS) is 16.3. The molecule has 1 aromatic carbocycles. The van der Waals surface area contributed by atoms with Gasteiger partial charge in [0.25, 0.3) is 0 Å². The third-order valence-corrected chi connectivity index (χ3v) is 5.82. The van der Waals surface area contributed by atoms with Crippen LogP contribution in [0.5, 0.6) is 0 Å². The zero-order valence-electron chi connectivity index (χ0n) is 18.4. The van der Waals surface area contributed by atoms with Crippen molar-refractivity contribution in [3.63, 3.8) is 0 Å². The smallest absolute Gasteiger partial charge is 0.390 e. The molecule has 1 atom stereocenters. The van der Waals surface area contributed by atoms with Crippen molar-refractivity contribution in [1.29, 1.82) is 0 Å². The molecule has 0 unspecified atom stereocenters. The van der Waals surface area contributed by atoms with Gasteiger partial charge in [0.2, 0.25) is 5.95 Å². The fraction of sp³-hybridized carbons (Fsp3) is 0.304. The molecule has 0 amide bonds. The number of benzene rings is 1. The molecule has 0 radical (unpaired) electrons. The average Bonchev–Trinajstić information content (AvgIpc) is 3.47. The van der Waals surface area contributed by atoms with Gasteiger partial charge in [-0.1, -0.05) is 30.3 Å². The van der Waals surface area contributed by atoms with Crippen molar-refractivity contribution < 1.29 is 23.0 Å². The highest BCUT2D eigenvalue weighted by Crippen LogP contribution is 2.37. The maximum absolute atomic E-state index is 13.6. The van der Waals surface area contributed by atoms with Crippen LogP contribution in [-0.2, 0) is 24.1 Å². The lowest BCUT2D eigenvalue weighted by atomic mass is 9.99. The average molecular weight is 486 g/mol. The summed E-state index contributed by atoms with van der Waals surface area (Å²) in [5.41, 5.74) is 5.26. The summed E-state index contributed by atoms with van der Waals surface area (Å²) in [6.07, 6.45) is -3.35. The summed E-state index contributed by atoms with van der Waals surface area (Å²) < 4.78 is 48.8. The molecule has 9 nitrogen and oxygen atoms in total. The van der Waals surface area contributed by atoms with Gasteiger partial charge in [-0.25, -0.2) is 23.8 Å². The maximum Gasteiger partial charge on any atom is 0.433 e. The van der Waals surface area contributed by atoms with E-state index in [1.54, 1.807) is 30.3 Å². The minimum Gasteiger partial charge on any atom is -0.390 e. The fourth-order valence-corrected chi connectivity index (χ4v) is 4.23. The summed E-state index contributed by atoms with van der Waals surface area (Å²) in [6.45, 7) is 0.0453. The first-order chi connectivity index (χ1) is 16.8. The van der Waals surface area contributed by atoms with Crippen LogP contribution >= 0.6 is 0 Å². The molecule has 1 aliphatic heterocycles. The number of aromatic nitrogens is 5. The van der Waals surface area contributed by atoms with Crippen molar-refractivity contribution in [2.45, 2.75) is 38.3 Å². The molecule has 182 valence electrons. The highest BCUT2D eigenvalue weighted by Gasteiger charge is 2.34. The van der Waals surface area contributed by atoms with Gasteiger partial charge in [0.05, 0.1) is 36.2 Å². The van der Waals surface area contributed by atoms with Gasteiger partial charge < -0.3 is 15.6 Å². The van der Waals surface area contributed by atoms with Crippen LogP contribution in [0.15, 0.2) is 47.3 Å². The number of nitrogens with zero attached hydrogens (tertiary/aromatic N) is 5. The minimum absolute atomic E-state index is 0.0435. The molecule has 0 bridgehead atoms. The Morgan fingerprint density at radius 1 is 1.14 bits per heavy atom. The van der Waals surface area contributed by atoms with Gasteiger partial charge in [-0.05, 0) is 30.5 Å². The maximum atomic E-state index is 13.6. The highest BCUT2D eigenvalue weighted by molar-refractivity contribution is 5.90. The number of ether oxygens (including phenoxy) is 1. The zero-order chi connectivity index (χ0) is 24.7. The summed E-state index contributed by atoms with van der Waals surface area (Å²) in [5.74, 6) is -0.154. The van der Waals surface area contributed by atoms with Gasteiger partial charge >= 0.3 is 11.9 Å². The van der Waals surface area contributed by atoms with Gasteiger partial charge in [-0.15, -0.1) is 5.10 Å². The summed E-state index contributed by atoms with van der Waals surface area (Å²) in [6, 6.07) is 10.9. The number of halogens is 3. The van der Waals surface area contributed by atoms with E-state index in [1.807, 2.05) is 0 Å². The third-order valence-electron chi connectivity index (χ3n) is 5.82. The summed E-state index contributed by atoms with van der Waals surface area (Å²) in [4.78, 5) is 21.1. The van der Waals surface area contributed by atoms with Gasteiger partial charge in [-0.2, -0.15) is 13.2 Å². The number of nitrogens with two attached hydrogens (primary N) is 1. The lowest BCUT2D eigenvalue weighted by Gasteiger charge is -2.14. The standard InChI is InChI=1S/C23H21F3N6O3/c24-23(25,26)17-10-14(9-15(12-33)28-17)18-19(13-5-2-1-3-6-13)29-21(27)32-20(18)30-31(22(32)34)11-16-7-4-8-35-16/h1-3,5-6,9-10,16,33H,4,7-8,11-12H2,(H2,27,29)/t16-/m1/s1. The number of anilines is 1. The third kappa shape index (κ3) is 4.26. The van der Waals surface area contributed by atoms with E-state index in [0.29, 0.717) is 12.2 Å². The second-order valence-electron chi connectivity index (χ2n) is 8.21. The second kappa shape index (κ2) is 8.78. The van der Waals surface area contributed by atoms with Crippen molar-refractivity contribution in [3.8, 4) is 22.4 Å². The number of rotatable bonds is 5. The topological polar surface area (TPSA) is 121 Å². The molecule has 0 spiro atoms. The molecule has 1 saturated heterocycles. The van der Waals surface area contributed by atoms with Crippen molar-refractivity contribution in [2.75, 3.05) is 12.3 Å². The molecule has 4 heterocycles. The molecule has 3 aromatic heterocycles. The fourth-order valence-electron chi connectivity index (χ4n) is 4.23. The van der Waals surface area contributed by atoms with Crippen LogP contribution in [0, 0.1) is 0 Å². The van der Waals surface area contributed by atoms with Crippen LogP contribution in [0.25, 0.3) is 28.0 Å². The van der Waals surface area contributed by atoms with Crippen LogP contribution < -0.4 is 11.4 Å². The molecule has 35 heavy (non-hydrogen) atoms. The number of aliphatic hydroxyl groups is 1. The zero-order valence-corrected chi connectivity index (χ0v) is 18.4. The van der Waals surface area contributed by atoms with E-state index >= 15 is 0 Å². The molecule has 0 aliphatic carbocycles. The number of alkyl halides is 3. The van der Waals surface area contributed by atoms with Crippen LogP contribution in [0.4, 0.5) is 19.1 Å².